The first-order valence-corrected chi connectivity index (χ1v) is 21.5. The van der Waals surface area contributed by atoms with Crippen molar-refractivity contribution in [2.24, 2.45) is 0 Å². The maximum atomic E-state index is 5.24. The molecule has 0 saturated heterocycles. The quantitative estimate of drug-likeness (QED) is 0.131. The summed E-state index contributed by atoms with van der Waals surface area (Å²) in [6.07, 6.45) is 12.0. The van der Waals surface area contributed by atoms with Crippen LogP contribution in [0.1, 0.15) is 139 Å². The molecule has 0 amide bonds. The largest absolute Gasteiger partial charge is 0.302 e. The molecular weight excluding hydrogens is 697 g/mol. The molecule has 6 aromatic rings. The fraction of sp³-hybridized carbons (Fsp3) is 0.392. The standard InChI is InChI=1S/C51H59N6/c1-10-50(9)43-27-26-38-31-42(43)49-54(46-40(33(3)4)23-17-24-41(46)35(38)7)29-30-55(49)51(50,11-2)28-18-20-37-19-15-16-25-45(37)57-36(8)56(39-21-13-12-14-22-39)48-47(57)52-32-44(53-48)34(5)6/h12-17,19,21-27,29-36H,10-11,18,20,28H2,1-9H3/q+1. The van der Waals surface area contributed by atoms with Crippen molar-refractivity contribution in [1.29, 1.82) is 0 Å². The lowest BCUT2D eigenvalue weighted by Crippen LogP contribution is -2.68. The smallest absolute Gasteiger partial charge is 0.294 e. The normalized spacial score (nSPS) is 21.8. The summed E-state index contributed by atoms with van der Waals surface area (Å²) < 4.78 is 5.29. The SMILES string of the molecule is CCC1(C)c2ccc3cc2-c2n(cc[n+]2C1(CC)CCCc1ccccc1N1c2ncc(C(C)C)nc2N(c2ccccc2)C1C)-c1c(C(C)C)cccc1C3C. The van der Waals surface area contributed by atoms with E-state index in [4.69, 9.17) is 9.97 Å². The second-order valence-corrected chi connectivity index (χ2v) is 17.7. The molecule has 0 saturated carbocycles. The van der Waals surface area contributed by atoms with Gasteiger partial charge >= 0.3 is 0 Å². The van der Waals surface area contributed by atoms with Gasteiger partial charge in [-0.1, -0.05) is 122 Å². The van der Waals surface area contributed by atoms with Gasteiger partial charge in [-0.2, -0.15) is 4.57 Å². The van der Waals surface area contributed by atoms with Gasteiger partial charge in [-0.05, 0) is 91.8 Å². The third kappa shape index (κ3) is 5.46. The number of aryl methyl sites for hydroxylation is 1. The Morgan fingerprint density at radius 2 is 1.58 bits per heavy atom. The Balaban J connectivity index is 1.12. The van der Waals surface area contributed by atoms with E-state index in [-0.39, 0.29) is 17.1 Å². The molecule has 6 heteroatoms. The monoisotopic (exact) mass is 755 g/mol. The van der Waals surface area contributed by atoms with E-state index in [1.807, 2.05) is 6.20 Å². The maximum Gasteiger partial charge on any atom is 0.294 e. The molecule has 0 radical (unpaired) electrons. The number of hydrogen-bond acceptors (Lipinski definition) is 4. The zero-order valence-corrected chi connectivity index (χ0v) is 35.4. The number of para-hydroxylation sites is 3. The van der Waals surface area contributed by atoms with E-state index in [1.54, 1.807) is 0 Å². The number of nitrogens with zero attached hydrogens (tertiary/aromatic N) is 6. The first-order valence-electron chi connectivity index (χ1n) is 21.5. The van der Waals surface area contributed by atoms with Crippen LogP contribution in [0, 0.1) is 0 Å². The van der Waals surface area contributed by atoms with Crippen molar-refractivity contribution in [3.63, 3.8) is 0 Å². The van der Waals surface area contributed by atoms with Gasteiger partial charge in [0.15, 0.2) is 11.6 Å². The summed E-state index contributed by atoms with van der Waals surface area (Å²) >= 11 is 0. The van der Waals surface area contributed by atoms with Gasteiger partial charge in [0.1, 0.15) is 29.8 Å². The highest BCUT2D eigenvalue weighted by atomic mass is 15.5. The van der Waals surface area contributed by atoms with Gasteiger partial charge in [0.05, 0.1) is 17.5 Å². The van der Waals surface area contributed by atoms with E-state index in [1.165, 1.54) is 50.6 Å². The third-order valence-electron chi connectivity index (χ3n) is 14.3. The molecule has 3 aliphatic rings. The molecule has 0 spiro atoms. The van der Waals surface area contributed by atoms with Crippen molar-refractivity contribution in [3.05, 3.63) is 143 Å². The summed E-state index contributed by atoms with van der Waals surface area (Å²) in [6, 6.07) is 34.1. The van der Waals surface area contributed by atoms with Crippen molar-refractivity contribution in [1.82, 2.24) is 14.5 Å². The molecule has 2 aromatic heterocycles. The third-order valence-corrected chi connectivity index (χ3v) is 14.3. The Bertz CT molecular complexity index is 2460. The van der Waals surface area contributed by atoms with E-state index in [0.29, 0.717) is 17.8 Å². The van der Waals surface area contributed by atoms with Crippen molar-refractivity contribution in [2.45, 2.75) is 129 Å². The zero-order chi connectivity index (χ0) is 39.8. The highest BCUT2D eigenvalue weighted by Crippen LogP contribution is 2.54. The molecule has 5 heterocycles. The zero-order valence-electron chi connectivity index (χ0n) is 35.4. The second kappa shape index (κ2) is 14.0. The Hall–Kier alpha value is -5.23. The van der Waals surface area contributed by atoms with Crippen LogP contribution in [0.25, 0.3) is 17.1 Å². The molecule has 6 nitrogen and oxygen atoms in total. The highest BCUT2D eigenvalue weighted by Gasteiger charge is 2.58. The average molecular weight is 756 g/mol. The van der Waals surface area contributed by atoms with Gasteiger partial charge in [0.25, 0.3) is 5.82 Å². The highest BCUT2D eigenvalue weighted by molar-refractivity contribution is 5.84. The van der Waals surface area contributed by atoms with Gasteiger partial charge < -0.3 is 9.80 Å². The summed E-state index contributed by atoms with van der Waals surface area (Å²) in [4.78, 5) is 15.2. The van der Waals surface area contributed by atoms with Gasteiger partial charge in [-0.25, -0.2) is 14.5 Å². The number of hydrogen-bond donors (Lipinski definition) is 0. The molecule has 3 aliphatic heterocycles. The first kappa shape index (κ1) is 37.4. The van der Waals surface area contributed by atoms with Crippen LogP contribution in [-0.2, 0) is 17.4 Å². The summed E-state index contributed by atoms with van der Waals surface area (Å²) in [6.45, 7) is 21.1. The molecule has 0 fully saturated rings. The lowest BCUT2D eigenvalue weighted by atomic mass is 9.58. The lowest BCUT2D eigenvalue weighted by Gasteiger charge is -2.50. The minimum atomic E-state index is -0.111. The van der Waals surface area contributed by atoms with E-state index in [2.05, 4.69) is 185 Å². The van der Waals surface area contributed by atoms with Crippen molar-refractivity contribution in [2.75, 3.05) is 9.80 Å². The van der Waals surface area contributed by atoms with Crippen LogP contribution in [0.3, 0.4) is 0 Å². The van der Waals surface area contributed by atoms with Crippen LogP contribution in [0.2, 0.25) is 0 Å². The molecule has 9 rings (SSSR count). The predicted molar refractivity (Wildman–Crippen MR) is 235 cm³/mol. The van der Waals surface area contributed by atoms with Crippen LogP contribution in [0.4, 0.5) is 23.0 Å². The van der Waals surface area contributed by atoms with Gasteiger partial charge in [-0.3, -0.25) is 0 Å². The predicted octanol–water partition coefficient (Wildman–Crippen LogP) is 12.4. The number of fused-ring (bicyclic) bond motifs is 4. The van der Waals surface area contributed by atoms with Crippen LogP contribution >= 0.6 is 0 Å². The number of rotatable bonds is 10. The minimum Gasteiger partial charge on any atom is -0.302 e. The first-order chi connectivity index (χ1) is 27.5. The molecule has 0 aliphatic carbocycles. The fourth-order valence-corrected chi connectivity index (χ4v) is 10.9. The number of benzene rings is 4. The molecule has 4 unspecified atom stereocenters. The number of anilines is 4. The molecule has 0 N–H and O–H groups in total. The van der Waals surface area contributed by atoms with Gasteiger partial charge in [-0.15, -0.1) is 0 Å². The summed E-state index contributed by atoms with van der Waals surface area (Å²) in [5, 5.41) is 0. The maximum absolute atomic E-state index is 5.24. The lowest BCUT2D eigenvalue weighted by molar-refractivity contribution is -0.769. The van der Waals surface area contributed by atoms with Crippen molar-refractivity contribution in [3.8, 4) is 17.1 Å². The molecule has 292 valence electrons. The topological polar surface area (TPSA) is 41.1 Å². The molecule has 4 atom stereocenters. The summed E-state index contributed by atoms with van der Waals surface area (Å²) in [7, 11) is 0. The molecule has 2 bridgehead atoms. The summed E-state index contributed by atoms with van der Waals surface area (Å²) in [5.41, 5.74) is 13.1. The Morgan fingerprint density at radius 1 is 0.807 bits per heavy atom. The fourth-order valence-electron chi connectivity index (χ4n) is 10.9. The summed E-state index contributed by atoms with van der Waals surface area (Å²) in [5.74, 6) is 4.21. The molecular formula is C51H59N6+. The van der Waals surface area contributed by atoms with Crippen molar-refractivity contribution < 1.29 is 4.57 Å². The van der Waals surface area contributed by atoms with Crippen LogP contribution in [-0.4, -0.2) is 20.7 Å². The Morgan fingerprint density at radius 3 is 2.32 bits per heavy atom. The average Bonchev–Trinajstić information content (AvgIpc) is 3.80. The molecule has 57 heavy (non-hydrogen) atoms. The van der Waals surface area contributed by atoms with Crippen molar-refractivity contribution >= 4 is 23.0 Å². The van der Waals surface area contributed by atoms with Crippen LogP contribution in [0.5, 0.6) is 0 Å². The van der Waals surface area contributed by atoms with Gasteiger partial charge in [0.2, 0.25) is 0 Å². The van der Waals surface area contributed by atoms with E-state index >= 15 is 0 Å². The molecule has 4 aromatic carbocycles. The Kier molecular flexibility index (Phi) is 9.18. The number of aromatic nitrogens is 4. The Labute approximate surface area is 340 Å². The van der Waals surface area contributed by atoms with E-state index in [0.717, 1.165) is 55.1 Å². The van der Waals surface area contributed by atoms with Crippen LogP contribution < -0.4 is 14.4 Å². The van der Waals surface area contributed by atoms with E-state index in [9.17, 15) is 0 Å². The van der Waals surface area contributed by atoms with Crippen LogP contribution in [0.15, 0.2) is 110 Å². The van der Waals surface area contributed by atoms with Gasteiger partial charge in [0, 0.05) is 33.8 Å². The van der Waals surface area contributed by atoms with E-state index < -0.39 is 0 Å². The number of imidazole rings is 1. The second-order valence-electron chi connectivity index (χ2n) is 17.7. The minimum absolute atomic E-state index is 0.00818.